The van der Waals surface area contributed by atoms with Gasteiger partial charge >= 0.3 is 0 Å². The molecule has 0 aromatic heterocycles. The highest BCUT2D eigenvalue weighted by molar-refractivity contribution is 7.89. The number of terminal acetylenes is 1. The number of carbonyl (C=O) groups excluding carboxylic acids is 1. The molecular formula is C18H20N2O3S. The van der Waals surface area contributed by atoms with Gasteiger partial charge in [0.15, 0.2) is 5.78 Å². The lowest BCUT2D eigenvalue weighted by molar-refractivity contribution is -0.117. The summed E-state index contributed by atoms with van der Waals surface area (Å²) in [6.07, 6.45) is 6.62. The summed E-state index contributed by atoms with van der Waals surface area (Å²) in [6.45, 7) is 3.88. The smallest absolute Gasteiger partial charge is 0.210 e. The van der Waals surface area contributed by atoms with Gasteiger partial charge in [-0.3, -0.25) is 4.79 Å². The minimum Gasteiger partial charge on any atom is -0.292 e. The van der Waals surface area contributed by atoms with Gasteiger partial charge in [0.2, 0.25) is 10.0 Å². The maximum Gasteiger partial charge on any atom is 0.210 e. The van der Waals surface area contributed by atoms with E-state index >= 15 is 0 Å². The predicted molar refractivity (Wildman–Crippen MR) is 93.4 cm³/mol. The number of rotatable bonds is 3. The van der Waals surface area contributed by atoms with Crippen molar-refractivity contribution < 1.29 is 13.2 Å². The molecule has 3 rings (SSSR count). The minimum atomic E-state index is -3.74. The standard InChI is InChI=1S/C18H20N2O3S/c1-4-12-5-7-13(8-6-12)20-16-15(21)14-9-10-18(16,17(14,2)3)11-24(19,22)23/h1,5-8,14H,9-11H2,2-3H3,(H2,19,22,23)/t14-,18-/m1/s1. The van der Waals surface area contributed by atoms with Crippen LogP contribution in [0, 0.1) is 29.1 Å². The van der Waals surface area contributed by atoms with Crippen LogP contribution in [0.15, 0.2) is 29.3 Å². The third kappa shape index (κ3) is 2.40. The van der Waals surface area contributed by atoms with Crippen molar-refractivity contribution in [2.24, 2.45) is 26.9 Å². The summed E-state index contributed by atoms with van der Waals surface area (Å²) in [5, 5.41) is 5.34. The van der Waals surface area contributed by atoms with Crippen molar-refractivity contribution in [1.82, 2.24) is 0 Å². The Bertz CT molecular complexity index is 876. The highest BCUT2D eigenvalue weighted by atomic mass is 32.2. The number of hydrogen-bond donors (Lipinski definition) is 1. The molecule has 2 aliphatic rings. The number of nitrogens with two attached hydrogens (primary N) is 1. The van der Waals surface area contributed by atoms with E-state index in [4.69, 9.17) is 11.6 Å². The fourth-order valence-electron chi connectivity index (χ4n) is 4.28. The predicted octanol–water partition coefficient (Wildman–Crippen LogP) is 2.03. The van der Waals surface area contributed by atoms with Crippen molar-refractivity contribution in [3.8, 4) is 12.3 Å². The van der Waals surface area contributed by atoms with Crippen LogP contribution in [0.3, 0.4) is 0 Å². The molecule has 1 aromatic carbocycles. The van der Waals surface area contributed by atoms with E-state index in [1.54, 1.807) is 24.3 Å². The van der Waals surface area contributed by atoms with Crippen LogP contribution in [0.1, 0.15) is 32.3 Å². The molecule has 0 unspecified atom stereocenters. The third-order valence-electron chi connectivity index (χ3n) is 5.69. The van der Waals surface area contributed by atoms with E-state index in [1.165, 1.54) is 0 Å². The Morgan fingerprint density at radius 2 is 1.96 bits per heavy atom. The molecule has 2 N–H and O–H groups in total. The van der Waals surface area contributed by atoms with Crippen LogP contribution in [0.4, 0.5) is 5.69 Å². The molecule has 0 amide bonds. The molecule has 1 aromatic rings. The van der Waals surface area contributed by atoms with Crippen molar-refractivity contribution >= 4 is 27.2 Å². The van der Waals surface area contributed by atoms with Crippen LogP contribution in [0.25, 0.3) is 0 Å². The number of Topliss-reactive ketones (excluding diaryl/α,β-unsaturated/α-hetero) is 1. The first-order chi connectivity index (χ1) is 11.1. The number of hydrogen-bond acceptors (Lipinski definition) is 4. The highest BCUT2D eigenvalue weighted by Crippen LogP contribution is 2.63. The molecule has 24 heavy (non-hydrogen) atoms. The Labute approximate surface area is 142 Å². The Morgan fingerprint density at radius 1 is 1.33 bits per heavy atom. The highest BCUT2D eigenvalue weighted by Gasteiger charge is 2.68. The van der Waals surface area contributed by atoms with E-state index in [1.807, 2.05) is 13.8 Å². The van der Waals surface area contributed by atoms with Crippen LogP contribution in [0.5, 0.6) is 0 Å². The second-order valence-electron chi connectivity index (χ2n) is 7.22. The van der Waals surface area contributed by atoms with Crippen LogP contribution >= 0.6 is 0 Å². The third-order valence-corrected chi connectivity index (χ3v) is 6.59. The van der Waals surface area contributed by atoms with Gasteiger partial charge in [-0.25, -0.2) is 18.5 Å². The van der Waals surface area contributed by atoms with Gasteiger partial charge in [-0.2, -0.15) is 0 Å². The number of primary sulfonamides is 1. The van der Waals surface area contributed by atoms with E-state index < -0.39 is 20.9 Å². The summed E-state index contributed by atoms with van der Waals surface area (Å²) in [5.74, 6) is 2.01. The molecule has 0 saturated heterocycles. The lowest BCUT2D eigenvalue weighted by atomic mass is 9.70. The average molecular weight is 344 g/mol. The first-order valence-corrected chi connectivity index (χ1v) is 9.53. The number of aliphatic imine (C=N–C) groups is 1. The fraction of sp³-hybridized carbons (Fsp3) is 0.444. The number of fused-ring (bicyclic) bond motifs is 2. The first kappa shape index (κ1) is 16.9. The van der Waals surface area contributed by atoms with Gasteiger partial charge in [0.25, 0.3) is 0 Å². The second kappa shape index (κ2) is 5.27. The minimum absolute atomic E-state index is 0.0593. The van der Waals surface area contributed by atoms with Crippen molar-refractivity contribution in [2.75, 3.05) is 5.75 Å². The first-order valence-electron chi connectivity index (χ1n) is 7.81. The molecule has 5 nitrogen and oxygen atoms in total. The molecule has 0 heterocycles. The van der Waals surface area contributed by atoms with Gasteiger partial charge in [0.05, 0.1) is 17.2 Å². The quantitative estimate of drug-likeness (QED) is 0.851. The molecule has 2 atom stereocenters. The second-order valence-corrected chi connectivity index (χ2v) is 8.83. The SMILES string of the molecule is C#Cc1ccc(N=C2C(=O)[C@H]3CC[C@]2(CS(N)(=O)=O)C3(C)C)cc1. The van der Waals surface area contributed by atoms with E-state index in [2.05, 4.69) is 10.9 Å². The summed E-state index contributed by atoms with van der Waals surface area (Å²) in [5.41, 5.74) is 0.347. The van der Waals surface area contributed by atoms with Gasteiger partial charge in [0.1, 0.15) is 0 Å². The average Bonchev–Trinajstić information content (AvgIpc) is 2.81. The lowest BCUT2D eigenvalue weighted by Crippen LogP contribution is -2.44. The molecule has 2 aliphatic carbocycles. The monoisotopic (exact) mass is 344 g/mol. The van der Waals surface area contributed by atoms with Gasteiger partial charge in [-0.15, -0.1) is 6.42 Å². The largest absolute Gasteiger partial charge is 0.292 e. The van der Waals surface area contributed by atoms with Crippen LogP contribution < -0.4 is 5.14 Å². The Hall–Kier alpha value is -1.97. The molecule has 0 aliphatic heterocycles. The van der Waals surface area contributed by atoms with Crippen LogP contribution in [0.2, 0.25) is 0 Å². The number of benzene rings is 1. The molecule has 126 valence electrons. The fourth-order valence-corrected chi connectivity index (χ4v) is 5.62. The number of ketones is 1. The van der Waals surface area contributed by atoms with Gasteiger partial charge in [-0.05, 0) is 42.5 Å². The Balaban J connectivity index is 2.13. The van der Waals surface area contributed by atoms with Crippen molar-refractivity contribution in [3.63, 3.8) is 0 Å². The van der Waals surface area contributed by atoms with Crippen molar-refractivity contribution in [2.45, 2.75) is 26.7 Å². The molecular weight excluding hydrogens is 324 g/mol. The zero-order valence-electron chi connectivity index (χ0n) is 13.7. The maximum absolute atomic E-state index is 12.8. The molecule has 2 bridgehead atoms. The van der Waals surface area contributed by atoms with E-state index in [9.17, 15) is 13.2 Å². The van der Waals surface area contributed by atoms with E-state index in [0.29, 0.717) is 24.2 Å². The molecule has 0 spiro atoms. The molecule has 0 radical (unpaired) electrons. The lowest BCUT2D eigenvalue weighted by Gasteiger charge is -2.36. The van der Waals surface area contributed by atoms with Gasteiger partial charge < -0.3 is 0 Å². The summed E-state index contributed by atoms with van der Waals surface area (Å²) in [7, 11) is -3.74. The van der Waals surface area contributed by atoms with Crippen molar-refractivity contribution in [3.05, 3.63) is 29.8 Å². The Kier molecular flexibility index (Phi) is 3.70. The topological polar surface area (TPSA) is 89.6 Å². The summed E-state index contributed by atoms with van der Waals surface area (Å²) < 4.78 is 23.7. The van der Waals surface area contributed by atoms with E-state index in [0.717, 1.165) is 5.56 Å². The number of sulfonamides is 1. The molecule has 6 heteroatoms. The van der Waals surface area contributed by atoms with Gasteiger partial charge in [0, 0.05) is 16.9 Å². The number of nitrogens with zero attached hydrogens (tertiary/aromatic N) is 1. The number of carbonyl (C=O) groups is 1. The van der Waals surface area contributed by atoms with Crippen molar-refractivity contribution in [1.29, 1.82) is 0 Å². The summed E-state index contributed by atoms with van der Waals surface area (Å²) in [6, 6.07) is 6.96. The van der Waals surface area contributed by atoms with Crippen LogP contribution in [-0.2, 0) is 14.8 Å². The normalized spacial score (nSPS) is 29.8. The summed E-state index contributed by atoms with van der Waals surface area (Å²) >= 11 is 0. The van der Waals surface area contributed by atoms with Crippen LogP contribution in [-0.4, -0.2) is 25.7 Å². The zero-order valence-corrected chi connectivity index (χ0v) is 14.6. The van der Waals surface area contributed by atoms with E-state index in [-0.39, 0.29) is 17.5 Å². The summed E-state index contributed by atoms with van der Waals surface area (Å²) in [4.78, 5) is 17.3. The molecule has 2 fully saturated rings. The van der Waals surface area contributed by atoms with Gasteiger partial charge in [-0.1, -0.05) is 19.8 Å². The Morgan fingerprint density at radius 3 is 2.50 bits per heavy atom. The zero-order chi connectivity index (χ0) is 17.8. The maximum atomic E-state index is 12.8. The molecule has 2 saturated carbocycles.